The quantitative estimate of drug-likeness (QED) is 0.814. The normalized spacial score (nSPS) is 21.9. The lowest BCUT2D eigenvalue weighted by atomic mass is 9.86. The van der Waals surface area contributed by atoms with E-state index in [9.17, 15) is 9.59 Å². The molecule has 2 aliphatic rings. The summed E-state index contributed by atoms with van der Waals surface area (Å²) in [6, 6.07) is 7.80. The van der Waals surface area contributed by atoms with Crippen LogP contribution in [0.4, 0.5) is 0 Å². The molecule has 1 unspecified atom stereocenters. The van der Waals surface area contributed by atoms with Crippen molar-refractivity contribution in [2.24, 2.45) is 0 Å². The molecule has 4 nitrogen and oxygen atoms in total. The molecule has 0 aliphatic carbocycles. The molecular formula is C16H18N2O2. The average molecular weight is 270 g/mol. The van der Waals surface area contributed by atoms with E-state index in [1.807, 2.05) is 12.1 Å². The van der Waals surface area contributed by atoms with Gasteiger partial charge in [0.1, 0.15) is 0 Å². The molecule has 104 valence electrons. The van der Waals surface area contributed by atoms with E-state index in [1.54, 1.807) is 0 Å². The van der Waals surface area contributed by atoms with Crippen LogP contribution in [0.2, 0.25) is 0 Å². The summed E-state index contributed by atoms with van der Waals surface area (Å²) in [6.45, 7) is 6.82. The van der Waals surface area contributed by atoms with Crippen LogP contribution in [0.25, 0.3) is 0 Å². The van der Waals surface area contributed by atoms with Crippen LogP contribution in [0.15, 0.2) is 35.4 Å². The highest BCUT2D eigenvalue weighted by atomic mass is 16.2. The molecule has 0 saturated heterocycles. The molecular weight excluding hydrogens is 252 g/mol. The Morgan fingerprint density at radius 2 is 1.70 bits per heavy atom. The van der Waals surface area contributed by atoms with Crippen LogP contribution in [0.3, 0.4) is 0 Å². The summed E-state index contributed by atoms with van der Waals surface area (Å²) in [5.74, 6) is -0.272. The summed E-state index contributed by atoms with van der Waals surface area (Å²) < 4.78 is 0. The van der Waals surface area contributed by atoms with E-state index >= 15 is 0 Å². The standard InChI is InChI=1S/C16H18N2O2/c1-16(2,3)10-6-4-9(5-7-10)13-12-11(14(19)18-13)8-17-15(12)20/h4-7,13H,8H2,1-3H3,(H,17,20)(H,18,19). The molecule has 0 saturated carbocycles. The molecule has 0 fully saturated rings. The van der Waals surface area contributed by atoms with E-state index in [1.165, 1.54) is 5.56 Å². The van der Waals surface area contributed by atoms with Crippen LogP contribution < -0.4 is 10.6 Å². The molecule has 0 spiro atoms. The third-order valence-corrected chi connectivity index (χ3v) is 3.94. The smallest absolute Gasteiger partial charge is 0.250 e. The second-order valence-corrected chi connectivity index (χ2v) is 6.35. The van der Waals surface area contributed by atoms with E-state index in [0.29, 0.717) is 17.7 Å². The van der Waals surface area contributed by atoms with Crippen molar-refractivity contribution in [1.82, 2.24) is 10.6 Å². The Morgan fingerprint density at radius 3 is 2.30 bits per heavy atom. The first kappa shape index (κ1) is 12.9. The third kappa shape index (κ3) is 1.92. The van der Waals surface area contributed by atoms with Crippen molar-refractivity contribution in [1.29, 1.82) is 0 Å². The van der Waals surface area contributed by atoms with Gasteiger partial charge in [-0.2, -0.15) is 0 Å². The lowest BCUT2D eigenvalue weighted by Gasteiger charge is -2.20. The number of hydrogen-bond donors (Lipinski definition) is 2. The summed E-state index contributed by atoms with van der Waals surface area (Å²) in [4.78, 5) is 23.7. The monoisotopic (exact) mass is 270 g/mol. The Bertz CT molecular complexity index is 619. The fourth-order valence-electron chi connectivity index (χ4n) is 2.72. The van der Waals surface area contributed by atoms with Crippen LogP contribution in [0.5, 0.6) is 0 Å². The maximum Gasteiger partial charge on any atom is 0.250 e. The van der Waals surface area contributed by atoms with E-state index in [4.69, 9.17) is 0 Å². The van der Waals surface area contributed by atoms with Gasteiger partial charge in [0.2, 0.25) is 11.8 Å². The van der Waals surface area contributed by atoms with Gasteiger partial charge >= 0.3 is 0 Å². The fourth-order valence-corrected chi connectivity index (χ4v) is 2.72. The summed E-state index contributed by atoms with van der Waals surface area (Å²) in [5, 5.41) is 5.60. The molecule has 3 rings (SSSR count). The predicted octanol–water partition coefficient (Wildman–Crippen LogP) is 1.58. The SMILES string of the molecule is CC(C)(C)c1ccc(C2NC(=O)C3=C2C(=O)NC3)cc1. The van der Waals surface area contributed by atoms with Crippen molar-refractivity contribution < 1.29 is 9.59 Å². The van der Waals surface area contributed by atoms with Crippen LogP contribution in [-0.4, -0.2) is 18.4 Å². The molecule has 2 heterocycles. The molecule has 0 aromatic heterocycles. The van der Waals surface area contributed by atoms with Gasteiger partial charge in [-0.25, -0.2) is 0 Å². The number of carbonyl (C=O) groups excluding carboxylic acids is 2. The molecule has 4 heteroatoms. The zero-order valence-corrected chi connectivity index (χ0v) is 11.9. The highest BCUT2D eigenvalue weighted by molar-refractivity contribution is 6.12. The molecule has 1 aromatic rings. The van der Waals surface area contributed by atoms with E-state index < -0.39 is 0 Å². The molecule has 2 aliphatic heterocycles. The van der Waals surface area contributed by atoms with Crippen LogP contribution in [0.1, 0.15) is 37.9 Å². The van der Waals surface area contributed by atoms with Gasteiger partial charge in [0.15, 0.2) is 0 Å². The minimum absolute atomic E-state index is 0.0899. The second kappa shape index (κ2) is 4.20. The molecule has 0 bridgehead atoms. The molecule has 1 atom stereocenters. The average Bonchev–Trinajstić information content (AvgIpc) is 2.91. The number of rotatable bonds is 1. The minimum Gasteiger partial charge on any atom is -0.348 e. The molecule has 1 aromatic carbocycles. The summed E-state index contributed by atoms with van der Waals surface area (Å²) in [6.07, 6.45) is 0. The maximum atomic E-state index is 11.9. The van der Waals surface area contributed by atoms with Gasteiger partial charge in [0, 0.05) is 12.1 Å². The van der Waals surface area contributed by atoms with Crippen LogP contribution >= 0.6 is 0 Å². The van der Waals surface area contributed by atoms with Crippen LogP contribution in [0, 0.1) is 0 Å². The first-order valence-electron chi connectivity index (χ1n) is 6.80. The maximum absolute atomic E-state index is 11.9. The highest BCUT2D eigenvalue weighted by Gasteiger charge is 2.40. The molecule has 0 radical (unpaired) electrons. The van der Waals surface area contributed by atoms with Crippen molar-refractivity contribution in [2.75, 3.05) is 6.54 Å². The number of benzene rings is 1. The summed E-state index contributed by atoms with van der Waals surface area (Å²) >= 11 is 0. The Hall–Kier alpha value is -2.10. The van der Waals surface area contributed by atoms with Gasteiger partial charge in [-0.3, -0.25) is 9.59 Å². The highest BCUT2D eigenvalue weighted by Crippen LogP contribution is 2.33. The van der Waals surface area contributed by atoms with E-state index in [2.05, 4.69) is 43.5 Å². The predicted molar refractivity (Wildman–Crippen MR) is 76.1 cm³/mol. The van der Waals surface area contributed by atoms with Crippen molar-refractivity contribution in [3.05, 3.63) is 46.5 Å². The Labute approximate surface area is 118 Å². The number of carbonyl (C=O) groups is 2. The number of nitrogens with one attached hydrogen (secondary N) is 2. The van der Waals surface area contributed by atoms with E-state index in [-0.39, 0.29) is 23.3 Å². The lowest BCUT2D eigenvalue weighted by molar-refractivity contribution is -0.117. The zero-order valence-electron chi connectivity index (χ0n) is 11.9. The first-order chi connectivity index (χ1) is 9.38. The van der Waals surface area contributed by atoms with Gasteiger partial charge in [-0.05, 0) is 16.5 Å². The second-order valence-electron chi connectivity index (χ2n) is 6.35. The van der Waals surface area contributed by atoms with Crippen LogP contribution in [-0.2, 0) is 15.0 Å². The first-order valence-corrected chi connectivity index (χ1v) is 6.80. The number of hydrogen-bond acceptors (Lipinski definition) is 2. The largest absolute Gasteiger partial charge is 0.348 e. The van der Waals surface area contributed by atoms with Gasteiger partial charge in [0.05, 0.1) is 11.6 Å². The topological polar surface area (TPSA) is 58.2 Å². The van der Waals surface area contributed by atoms with Crippen molar-refractivity contribution >= 4 is 11.8 Å². The molecule has 2 amide bonds. The van der Waals surface area contributed by atoms with E-state index in [0.717, 1.165) is 5.56 Å². The van der Waals surface area contributed by atoms with Crippen molar-refractivity contribution in [3.8, 4) is 0 Å². The summed E-state index contributed by atoms with van der Waals surface area (Å²) in [5.41, 5.74) is 3.44. The van der Waals surface area contributed by atoms with Gasteiger partial charge in [-0.1, -0.05) is 45.0 Å². The van der Waals surface area contributed by atoms with Crippen molar-refractivity contribution in [2.45, 2.75) is 32.2 Å². The third-order valence-electron chi connectivity index (χ3n) is 3.94. The summed E-state index contributed by atoms with van der Waals surface area (Å²) in [7, 11) is 0. The molecule has 20 heavy (non-hydrogen) atoms. The van der Waals surface area contributed by atoms with Gasteiger partial charge in [0.25, 0.3) is 0 Å². The Balaban J connectivity index is 1.95. The minimum atomic E-state index is -0.311. The fraction of sp³-hybridized carbons (Fsp3) is 0.375. The Morgan fingerprint density at radius 1 is 1.05 bits per heavy atom. The molecule has 2 N–H and O–H groups in total. The Kier molecular flexibility index (Phi) is 2.71. The van der Waals surface area contributed by atoms with Gasteiger partial charge in [-0.15, -0.1) is 0 Å². The van der Waals surface area contributed by atoms with Crippen molar-refractivity contribution in [3.63, 3.8) is 0 Å². The zero-order chi connectivity index (χ0) is 14.5. The lowest BCUT2D eigenvalue weighted by Crippen LogP contribution is -2.31. The number of amides is 2. The van der Waals surface area contributed by atoms with Gasteiger partial charge < -0.3 is 10.6 Å².